The molecule has 0 bridgehead atoms. The fourth-order valence-corrected chi connectivity index (χ4v) is 6.91. The highest BCUT2D eigenvalue weighted by atomic mass is 32.2. The van der Waals surface area contributed by atoms with Crippen LogP contribution in [0.4, 0.5) is 5.00 Å². The normalized spacial score (nSPS) is 17.8. The molecule has 1 saturated heterocycles. The summed E-state index contributed by atoms with van der Waals surface area (Å²) in [6.07, 6.45) is 3.83. The van der Waals surface area contributed by atoms with Crippen LogP contribution in [0.2, 0.25) is 0 Å². The van der Waals surface area contributed by atoms with Crippen molar-refractivity contribution in [1.29, 1.82) is 0 Å². The van der Waals surface area contributed by atoms with Gasteiger partial charge in [0.05, 0.1) is 17.0 Å². The molecule has 1 fully saturated rings. The molecule has 1 aliphatic carbocycles. The van der Waals surface area contributed by atoms with Crippen molar-refractivity contribution < 1.29 is 18.0 Å². The highest BCUT2D eigenvalue weighted by Gasteiger charge is 2.30. The number of carbonyl (C=O) groups is 2. The fourth-order valence-electron chi connectivity index (χ4n) is 4.15. The lowest BCUT2D eigenvalue weighted by molar-refractivity contribution is -0.117. The third-order valence-electron chi connectivity index (χ3n) is 5.75. The lowest BCUT2D eigenvalue weighted by atomic mass is 9.95. The first-order valence-electron chi connectivity index (χ1n) is 10.4. The monoisotopic (exact) mass is 462 g/mol. The van der Waals surface area contributed by atoms with Gasteiger partial charge in [-0.1, -0.05) is 18.2 Å². The lowest BCUT2D eigenvalue weighted by Crippen LogP contribution is -2.50. The number of amides is 2. The Labute approximate surface area is 186 Å². The second kappa shape index (κ2) is 9.07. The largest absolute Gasteiger partial charge is 0.365 e. The number of benzene rings is 1. The van der Waals surface area contributed by atoms with E-state index in [9.17, 15) is 18.0 Å². The van der Waals surface area contributed by atoms with Gasteiger partial charge in [0.15, 0.2) is 0 Å². The zero-order valence-electron chi connectivity index (χ0n) is 17.2. The van der Waals surface area contributed by atoms with E-state index in [2.05, 4.69) is 5.32 Å². The Balaban J connectivity index is 1.36. The summed E-state index contributed by atoms with van der Waals surface area (Å²) in [6.45, 7) is 1.71. The zero-order chi connectivity index (χ0) is 22.0. The van der Waals surface area contributed by atoms with Crippen LogP contribution in [0.25, 0.3) is 0 Å². The van der Waals surface area contributed by atoms with Crippen molar-refractivity contribution in [3.63, 3.8) is 0 Å². The topological polar surface area (TPSA) is 113 Å². The van der Waals surface area contributed by atoms with E-state index < -0.39 is 15.9 Å². The maximum absolute atomic E-state index is 12.7. The molecule has 0 saturated carbocycles. The summed E-state index contributed by atoms with van der Waals surface area (Å²) in [5.41, 5.74) is 7.03. The van der Waals surface area contributed by atoms with Crippen molar-refractivity contribution in [3.8, 4) is 0 Å². The second-order valence-electron chi connectivity index (χ2n) is 7.82. The molecule has 31 heavy (non-hydrogen) atoms. The predicted octanol–water partition coefficient (Wildman–Crippen LogP) is 1.67. The quantitative estimate of drug-likeness (QED) is 0.678. The first-order valence-corrected chi connectivity index (χ1v) is 12.6. The molecule has 2 heterocycles. The summed E-state index contributed by atoms with van der Waals surface area (Å²) in [7, 11) is -3.52. The van der Waals surface area contributed by atoms with Crippen molar-refractivity contribution in [1.82, 2.24) is 9.21 Å². The van der Waals surface area contributed by atoms with Gasteiger partial charge in [0.2, 0.25) is 15.9 Å². The Hall–Kier alpha value is -2.27. The van der Waals surface area contributed by atoms with Crippen LogP contribution in [0, 0.1) is 0 Å². The minimum Gasteiger partial charge on any atom is -0.365 e. The number of fused-ring (bicyclic) bond motifs is 1. The molecule has 1 aliphatic heterocycles. The van der Waals surface area contributed by atoms with Crippen LogP contribution in [-0.4, -0.2) is 62.2 Å². The van der Waals surface area contributed by atoms with Crippen LogP contribution in [0.5, 0.6) is 0 Å². The van der Waals surface area contributed by atoms with Crippen LogP contribution in [-0.2, 0) is 27.7 Å². The van der Waals surface area contributed by atoms with E-state index in [1.807, 2.05) is 4.90 Å². The number of thiophene rings is 1. The van der Waals surface area contributed by atoms with Crippen molar-refractivity contribution in [2.45, 2.75) is 30.6 Å². The van der Waals surface area contributed by atoms with Gasteiger partial charge in [-0.2, -0.15) is 4.31 Å². The number of nitrogens with two attached hydrogens (primary N) is 1. The van der Waals surface area contributed by atoms with E-state index in [0.717, 1.165) is 36.1 Å². The van der Waals surface area contributed by atoms with Gasteiger partial charge in [0.25, 0.3) is 5.91 Å². The number of piperazine rings is 1. The number of rotatable bonds is 6. The number of nitrogens with zero attached hydrogens (tertiary/aromatic N) is 2. The van der Waals surface area contributed by atoms with Crippen molar-refractivity contribution >= 4 is 38.2 Å². The van der Waals surface area contributed by atoms with E-state index in [1.165, 1.54) is 15.6 Å². The molecule has 2 amide bonds. The molecule has 3 N–H and O–H groups in total. The molecule has 2 aliphatic rings. The van der Waals surface area contributed by atoms with Gasteiger partial charge >= 0.3 is 0 Å². The molecule has 1 aromatic heterocycles. The molecule has 2 aromatic rings. The molecule has 4 rings (SSSR count). The van der Waals surface area contributed by atoms with Crippen LogP contribution >= 0.6 is 11.3 Å². The fraction of sp³-hybridized carbons (Fsp3) is 0.429. The maximum Gasteiger partial charge on any atom is 0.251 e. The molecule has 0 spiro atoms. The molecule has 8 nitrogen and oxygen atoms in total. The van der Waals surface area contributed by atoms with E-state index in [4.69, 9.17) is 5.73 Å². The Morgan fingerprint density at radius 2 is 1.71 bits per heavy atom. The number of anilines is 1. The maximum atomic E-state index is 12.7. The minimum atomic E-state index is -3.52. The van der Waals surface area contributed by atoms with Crippen LogP contribution in [0.3, 0.4) is 0 Å². The first-order chi connectivity index (χ1) is 14.9. The SMILES string of the molecule is NC(=O)c1c(NC(=O)CN2CCN(S(=O)(=O)c3ccccc3)CC2)sc2c1CCCC2. The lowest BCUT2D eigenvalue weighted by Gasteiger charge is -2.33. The van der Waals surface area contributed by atoms with Crippen molar-refractivity contribution in [3.05, 3.63) is 46.3 Å². The standard InChI is InChI=1S/C21H26N4O4S2/c22-20(27)19-16-8-4-5-9-17(16)30-21(19)23-18(26)14-24-10-12-25(13-11-24)31(28,29)15-6-2-1-3-7-15/h1-3,6-7H,4-5,8-14H2,(H2,22,27)(H,23,26). The molecular weight excluding hydrogens is 436 g/mol. The summed E-state index contributed by atoms with van der Waals surface area (Å²) < 4.78 is 26.9. The van der Waals surface area contributed by atoms with Gasteiger partial charge in [-0.3, -0.25) is 14.5 Å². The smallest absolute Gasteiger partial charge is 0.251 e. The third-order valence-corrected chi connectivity index (χ3v) is 8.87. The van der Waals surface area contributed by atoms with Crippen molar-refractivity contribution in [2.75, 3.05) is 38.0 Å². The second-order valence-corrected chi connectivity index (χ2v) is 10.9. The number of aryl methyl sites for hydroxylation is 1. The highest BCUT2D eigenvalue weighted by Crippen LogP contribution is 2.37. The number of carbonyl (C=O) groups excluding carboxylic acids is 2. The van der Waals surface area contributed by atoms with Gasteiger partial charge in [-0.05, 0) is 43.4 Å². The number of hydrogen-bond acceptors (Lipinski definition) is 6. The van der Waals surface area contributed by atoms with Crippen LogP contribution in [0.1, 0.15) is 33.6 Å². The molecule has 0 radical (unpaired) electrons. The van der Waals surface area contributed by atoms with Gasteiger partial charge in [0, 0.05) is 31.1 Å². The van der Waals surface area contributed by atoms with E-state index in [-0.39, 0.29) is 17.3 Å². The Morgan fingerprint density at radius 3 is 2.39 bits per heavy atom. The average Bonchev–Trinajstić information content (AvgIpc) is 3.12. The minimum absolute atomic E-state index is 0.139. The molecule has 0 atom stereocenters. The van der Waals surface area contributed by atoms with Gasteiger partial charge in [-0.15, -0.1) is 11.3 Å². The summed E-state index contributed by atoms with van der Waals surface area (Å²) in [5.74, 6) is -0.727. The molecule has 166 valence electrons. The molecule has 10 heteroatoms. The van der Waals surface area contributed by atoms with Crippen LogP contribution in [0.15, 0.2) is 35.2 Å². The number of sulfonamides is 1. The van der Waals surface area contributed by atoms with E-state index in [0.29, 0.717) is 36.7 Å². The Morgan fingerprint density at radius 1 is 1.03 bits per heavy atom. The Kier molecular flexibility index (Phi) is 6.42. The van der Waals surface area contributed by atoms with Gasteiger partial charge in [-0.25, -0.2) is 8.42 Å². The van der Waals surface area contributed by atoms with Gasteiger partial charge < -0.3 is 11.1 Å². The molecule has 1 aromatic carbocycles. The first kappa shape index (κ1) is 21.9. The van der Waals surface area contributed by atoms with E-state index in [1.54, 1.807) is 30.3 Å². The summed E-state index contributed by atoms with van der Waals surface area (Å²) in [5, 5.41) is 3.41. The van der Waals surface area contributed by atoms with Crippen molar-refractivity contribution in [2.24, 2.45) is 5.73 Å². The number of nitrogens with one attached hydrogen (secondary N) is 1. The number of primary amides is 1. The van der Waals surface area contributed by atoms with E-state index >= 15 is 0 Å². The number of hydrogen-bond donors (Lipinski definition) is 2. The summed E-state index contributed by atoms with van der Waals surface area (Å²) in [4.78, 5) is 28.0. The predicted molar refractivity (Wildman–Crippen MR) is 120 cm³/mol. The van der Waals surface area contributed by atoms with Gasteiger partial charge in [0.1, 0.15) is 5.00 Å². The molecular formula is C21H26N4O4S2. The average molecular weight is 463 g/mol. The van der Waals surface area contributed by atoms with Crippen LogP contribution < -0.4 is 11.1 Å². The Bertz CT molecular complexity index is 1070. The zero-order valence-corrected chi connectivity index (χ0v) is 18.8. The highest BCUT2D eigenvalue weighted by molar-refractivity contribution is 7.89. The third kappa shape index (κ3) is 4.67. The molecule has 0 unspecified atom stereocenters. The summed E-state index contributed by atoms with van der Waals surface area (Å²) in [6, 6.07) is 8.37. The summed E-state index contributed by atoms with van der Waals surface area (Å²) >= 11 is 1.44.